The molecule has 2 aromatic rings. The van der Waals surface area contributed by atoms with E-state index in [1.54, 1.807) is 6.20 Å². The topological polar surface area (TPSA) is 35.3 Å². The Morgan fingerprint density at radius 2 is 1.86 bits per heavy atom. The van der Waals surface area contributed by atoms with Crippen molar-refractivity contribution < 1.29 is 9.15 Å². The van der Waals surface area contributed by atoms with Crippen LogP contribution in [0, 0.1) is 13.8 Å². The summed E-state index contributed by atoms with van der Waals surface area (Å²) in [5.74, 6) is 1.48. The highest BCUT2D eigenvalue weighted by Gasteiger charge is 2.02. The number of nitrogens with zero attached hydrogens (tertiary/aromatic N) is 1. The summed E-state index contributed by atoms with van der Waals surface area (Å²) in [5.41, 5.74) is 1.20. The monoisotopic (exact) mass is 189 g/mol. The minimum Gasteiger partial charge on any atom is -0.414 e. The number of hydrogen-bond acceptors (Lipinski definition) is 3. The normalized spacial score (nSPS) is 10.1. The summed E-state index contributed by atoms with van der Waals surface area (Å²) in [7, 11) is 0. The number of ether oxygens (including phenoxy) is 1. The molecule has 3 nitrogen and oxygen atoms in total. The number of rotatable bonds is 2. The van der Waals surface area contributed by atoms with Gasteiger partial charge >= 0.3 is 6.08 Å². The Hall–Kier alpha value is -1.77. The van der Waals surface area contributed by atoms with Gasteiger partial charge in [0.15, 0.2) is 0 Å². The average Bonchev–Trinajstić information content (AvgIpc) is 2.56. The largest absolute Gasteiger partial charge is 0.414 e. The van der Waals surface area contributed by atoms with E-state index in [4.69, 9.17) is 9.15 Å². The third-order valence-corrected chi connectivity index (χ3v) is 1.83. The van der Waals surface area contributed by atoms with Crippen LogP contribution in [0.4, 0.5) is 0 Å². The van der Waals surface area contributed by atoms with Crippen LogP contribution in [0.15, 0.2) is 34.9 Å². The van der Waals surface area contributed by atoms with Crippen molar-refractivity contribution >= 4 is 0 Å². The lowest BCUT2D eigenvalue weighted by Crippen LogP contribution is -1.83. The van der Waals surface area contributed by atoms with E-state index < -0.39 is 0 Å². The van der Waals surface area contributed by atoms with Crippen LogP contribution in [0.3, 0.4) is 0 Å². The maximum Gasteiger partial charge on any atom is 0.399 e. The van der Waals surface area contributed by atoms with E-state index >= 15 is 0 Å². The Morgan fingerprint density at radius 3 is 2.43 bits per heavy atom. The van der Waals surface area contributed by atoms with Gasteiger partial charge in [0.2, 0.25) is 0 Å². The summed E-state index contributed by atoms with van der Waals surface area (Å²) in [5, 5.41) is 0. The maximum atomic E-state index is 5.38. The van der Waals surface area contributed by atoms with Gasteiger partial charge in [-0.1, -0.05) is 17.7 Å². The fraction of sp³-hybridized carbons (Fsp3) is 0.182. The second kappa shape index (κ2) is 3.54. The van der Waals surface area contributed by atoms with Gasteiger partial charge in [-0.2, -0.15) is 4.98 Å². The number of hydrogen-bond donors (Lipinski definition) is 0. The predicted octanol–water partition coefficient (Wildman–Crippen LogP) is 3.08. The van der Waals surface area contributed by atoms with Gasteiger partial charge in [0.05, 0.1) is 6.20 Å². The van der Waals surface area contributed by atoms with Crippen molar-refractivity contribution in [3.8, 4) is 11.8 Å². The molecule has 0 fully saturated rings. The molecule has 0 radical (unpaired) electrons. The van der Waals surface area contributed by atoms with E-state index in [0.29, 0.717) is 0 Å². The van der Waals surface area contributed by atoms with Crippen molar-refractivity contribution in [1.82, 2.24) is 4.98 Å². The molecule has 0 bridgehead atoms. The lowest BCUT2D eigenvalue weighted by Gasteiger charge is -1.99. The molecule has 0 saturated heterocycles. The number of benzene rings is 1. The molecule has 0 aliphatic carbocycles. The minimum atomic E-state index is 0.284. The summed E-state index contributed by atoms with van der Waals surface area (Å²) in [6.45, 7) is 3.86. The smallest absolute Gasteiger partial charge is 0.399 e. The molecule has 0 unspecified atom stereocenters. The Kier molecular flexibility index (Phi) is 2.23. The molecule has 0 aliphatic heterocycles. The number of oxazole rings is 1. The van der Waals surface area contributed by atoms with Crippen molar-refractivity contribution in [3.05, 3.63) is 41.8 Å². The molecule has 0 amide bonds. The van der Waals surface area contributed by atoms with E-state index in [0.717, 1.165) is 11.5 Å². The van der Waals surface area contributed by atoms with Crippen LogP contribution >= 0.6 is 0 Å². The van der Waals surface area contributed by atoms with Crippen molar-refractivity contribution in [1.29, 1.82) is 0 Å². The van der Waals surface area contributed by atoms with E-state index in [9.17, 15) is 0 Å². The van der Waals surface area contributed by atoms with Crippen molar-refractivity contribution in [2.75, 3.05) is 0 Å². The standard InChI is InChI=1S/C11H11NO2/c1-8-3-5-10(6-4-8)14-11-12-7-9(2)13-11/h3-7H,1-2H3. The maximum absolute atomic E-state index is 5.38. The van der Waals surface area contributed by atoms with Crippen molar-refractivity contribution in [3.63, 3.8) is 0 Å². The van der Waals surface area contributed by atoms with Gasteiger partial charge in [-0.25, -0.2) is 0 Å². The Balaban J connectivity index is 2.15. The zero-order chi connectivity index (χ0) is 9.97. The van der Waals surface area contributed by atoms with Crippen LogP contribution in [0.1, 0.15) is 11.3 Å². The van der Waals surface area contributed by atoms with Gasteiger partial charge in [0, 0.05) is 0 Å². The molecule has 0 saturated carbocycles. The highest BCUT2D eigenvalue weighted by atomic mass is 16.6. The number of aryl methyl sites for hydroxylation is 2. The number of aromatic nitrogens is 1. The molecular formula is C11H11NO2. The molecule has 2 rings (SSSR count). The average molecular weight is 189 g/mol. The Labute approximate surface area is 82.3 Å². The van der Waals surface area contributed by atoms with Gasteiger partial charge in [-0.3, -0.25) is 0 Å². The van der Waals surface area contributed by atoms with E-state index in [1.807, 2.05) is 38.1 Å². The molecular weight excluding hydrogens is 178 g/mol. The van der Waals surface area contributed by atoms with Crippen LogP contribution in [0.25, 0.3) is 0 Å². The third kappa shape index (κ3) is 1.93. The third-order valence-electron chi connectivity index (χ3n) is 1.83. The zero-order valence-corrected chi connectivity index (χ0v) is 8.15. The van der Waals surface area contributed by atoms with E-state index in [-0.39, 0.29) is 6.08 Å². The molecule has 1 aromatic carbocycles. The van der Waals surface area contributed by atoms with Crippen molar-refractivity contribution in [2.45, 2.75) is 13.8 Å². The summed E-state index contributed by atoms with van der Waals surface area (Å²) >= 11 is 0. The van der Waals surface area contributed by atoms with Crippen molar-refractivity contribution in [2.24, 2.45) is 0 Å². The van der Waals surface area contributed by atoms with Gasteiger partial charge in [0.25, 0.3) is 0 Å². The highest BCUT2D eigenvalue weighted by molar-refractivity contribution is 5.27. The lowest BCUT2D eigenvalue weighted by atomic mass is 10.2. The quantitative estimate of drug-likeness (QED) is 0.728. The lowest BCUT2D eigenvalue weighted by molar-refractivity contribution is 0.323. The second-order valence-electron chi connectivity index (χ2n) is 3.15. The van der Waals surface area contributed by atoms with E-state index in [2.05, 4.69) is 4.98 Å². The van der Waals surface area contributed by atoms with Gasteiger partial charge < -0.3 is 9.15 Å². The van der Waals surface area contributed by atoms with Gasteiger partial charge in [-0.15, -0.1) is 0 Å². The van der Waals surface area contributed by atoms with Gasteiger partial charge in [0.1, 0.15) is 11.5 Å². The molecule has 14 heavy (non-hydrogen) atoms. The predicted molar refractivity (Wildman–Crippen MR) is 52.5 cm³/mol. The summed E-state index contributed by atoms with van der Waals surface area (Å²) in [6.07, 6.45) is 1.91. The molecule has 1 heterocycles. The molecule has 1 aromatic heterocycles. The second-order valence-corrected chi connectivity index (χ2v) is 3.15. The van der Waals surface area contributed by atoms with E-state index in [1.165, 1.54) is 5.56 Å². The SMILES string of the molecule is Cc1ccc(Oc2ncc(C)o2)cc1. The highest BCUT2D eigenvalue weighted by Crippen LogP contribution is 2.20. The molecule has 0 N–H and O–H groups in total. The molecule has 3 heteroatoms. The van der Waals surface area contributed by atoms with Crippen LogP contribution in [0.5, 0.6) is 11.8 Å². The van der Waals surface area contributed by atoms with Gasteiger partial charge in [-0.05, 0) is 26.0 Å². The fourth-order valence-electron chi connectivity index (χ4n) is 1.09. The van der Waals surface area contributed by atoms with Crippen LogP contribution in [-0.2, 0) is 0 Å². The minimum absolute atomic E-state index is 0.284. The van der Waals surface area contributed by atoms with Crippen LogP contribution in [-0.4, -0.2) is 4.98 Å². The first-order valence-electron chi connectivity index (χ1n) is 4.41. The zero-order valence-electron chi connectivity index (χ0n) is 8.15. The molecule has 0 atom stereocenters. The van der Waals surface area contributed by atoms with Crippen LogP contribution < -0.4 is 4.74 Å². The summed E-state index contributed by atoms with van der Waals surface area (Å²) < 4.78 is 10.6. The fourth-order valence-corrected chi connectivity index (χ4v) is 1.09. The summed E-state index contributed by atoms with van der Waals surface area (Å²) in [4.78, 5) is 3.94. The molecule has 72 valence electrons. The Bertz CT molecular complexity index is 417. The first-order valence-corrected chi connectivity index (χ1v) is 4.41. The molecule has 0 spiro atoms. The molecule has 0 aliphatic rings. The summed E-state index contributed by atoms with van der Waals surface area (Å²) in [6, 6.07) is 7.72. The first kappa shape index (κ1) is 8.81. The first-order chi connectivity index (χ1) is 6.74. The Morgan fingerprint density at radius 1 is 1.14 bits per heavy atom. The van der Waals surface area contributed by atoms with Crippen LogP contribution in [0.2, 0.25) is 0 Å².